The summed E-state index contributed by atoms with van der Waals surface area (Å²) in [7, 11) is 1.90. The molecule has 0 fully saturated rings. The molecule has 0 atom stereocenters. The number of nitrogens with zero attached hydrogens (tertiary/aromatic N) is 3. The summed E-state index contributed by atoms with van der Waals surface area (Å²) in [5.74, 6) is 0.855. The van der Waals surface area contributed by atoms with Crippen molar-refractivity contribution in [1.29, 1.82) is 0 Å². The molecule has 5 nitrogen and oxygen atoms in total. The molecule has 2 rings (SSSR count). The highest BCUT2D eigenvalue weighted by Gasteiger charge is 2.06. The van der Waals surface area contributed by atoms with Crippen molar-refractivity contribution in [2.45, 2.75) is 0 Å². The maximum absolute atomic E-state index is 5.52. The van der Waals surface area contributed by atoms with E-state index >= 15 is 0 Å². The first kappa shape index (κ1) is 8.00. The van der Waals surface area contributed by atoms with Crippen LogP contribution >= 0.6 is 0 Å². The summed E-state index contributed by atoms with van der Waals surface area (Å²) in [6.07, 6.45) is 3.37. The number of nitrogens with two attached hydrogens (primary N) is 1. The molecule has 68 valence electrons. The summed E-state index contributed by atoms with van der Waals surface area (Å²) in [5.41, 5.74) is 6.36. The van der Waals surface area contributed by atoms with Crippen LogP contribution in [0.3, 0.4) is 0 Å². The Labute approximate surface area is 75.6 Å². The van der Waals surface area contributed by atoms with Crippen LogP contribution in [0.4, 0.5) is 5.82 Å². The molecular formula is C8H11N5. The van der Waals surface area contributed by atoms with E-state index in [1.165, 1.54) is 6.33 Å². The van der Waals surface area contributed by atoms with Gasteiger partial charge in [-0.3, -0.25) is 0 Å². The molecule has 0 unspecified atom stereocenters. The molecule has 0 aliphatic rings. The fourth-order valence-electron chi connectivity index (χ4n) is 1.25. The second-order valence-electron chi connectivity index (χ2n) is 2.82. The molecule has 0 bridgehead atoms. The Kier molecular flexibility index (Phi) is 1.86. The van der Waals surface area contributed by atoms with E-state index in [0.717, 1.165) is 16.9 Å². The van der Waals surface area contributed by atoms with E-state index in [1.54, 1.807) is 0 Å². The van der Waals surface area contributed by atoms with Crippen LogP contribution in [-0.4, -0.2) is 28.7 Å². The second-order valence-corrected chi connectivity index (χ2v) is 2.82. The van der Waals surface area contributed by atoms with Crippen molar-refractivity contribution < 1.29 is 0 Å². The lowest BCUT2D eigenvalue weighted by molar-refractivity contribution is 0.910. The number of hydrogen-bond acceptors (Lipinski definition) is 4. The van der Waals surface area contributed by atoms with Crippen molar-refractivity contribution in [3.8, 4) is 0 Å². The van der Waals surface area contributed by atoms with Gasteiger partial charge in [0.1, 0.15) is 17.8 Å². The lowest BCUT2D eigenvalue weighted by Gasteiger charge is -2.15. The number of nitrogens with one attached hydrogen (secondary N) is 1. The summed E-state index contributed by atoms with van der Waals surface area (Å²) < 4.78 is 0. The van der Waals surface area contributed by atoms with Gasteiger partial charge in [-0.05, 0) is 6.07 Å². The molecule has 0 saturated heterocycles. The van der Waals surface area contributed by atoms with Gasteiger partial charge in [-0.2, -0.15) is 0 Å². The second kappa shape index (κ2) is 3.02. The van der Waals surface area contributed by atoms with Crippen molar-refractivity contribution in [3.05, 3.63) is 18.6 Å². The fraction of sp³-hybridized carbons (Fsp3) is 0.250. The molecule has 13 heavy (non-hydrogen) atoms. The number of anilines is 1. The summed E-state index contributed by atoms with van der Waals surface area (Å²) >= 11 is 0. The van der Waals surface area contributed by atoms with Gasteiger partial charge < -0.3 is 15.6 Å². The van der Waals surface area contributed by atoms with E-state index in [0.29, 0.717) is 6.67 Å². The van der Waals surface area contributed by atoms with Gasteiger partial charge in [-0.25, -0.2) is 9.97 Å². The van der Waals surface area contributed by atoms with Gasteiger partial charge in [0.05, 0.1) is 12.1 Å². The zero-order valence-corrected chi connectivity index (χ0v) is 7.36. The first-order valence-electron chi connectivity index (χ1n) is 4.02. The van der Waals surface area contributed by atoms with Gasteiger partial charge in [-0.1, -0.05) is 0 Å². The summed E-state index contributed by atoms with van der Waals surface area (Å²) in [4.78, 5) is 13.1. The van der Waals surface area contributed by atoms with Crippen molar-refractivity contribution in [2.75, 3.05) is 18.6 Å². The minimum atomic E-state index is 0.442. The third-order valence-corrected chi connectivity index (χ3v) is 1.97. The molecule has 0 aliphatic heterocycles. The largest absolute Gasteiger partial charge is 0.346 e. The Bertz CT molecular complexity index is 408. The molecular weight excluding hydrogens is 166 g/mol. The Morgan fingerprint density at radius 3 is 3.15 bits per heavy atom. The number of aromatic amines is 1. The van der Waals surface area contributed by atoms with Crippen molar-refractivity contribution >= 4 is 16.9 Å². The van der Waals surface area contributed by atoms with Crippen LogP contribution in [-0.2, 0) is 0 Å². The third-order valence-electron chi connectivity index (χ3n) is 1.97. The molecule has 0 saturated carbocycles. The minimum absolute atomic E-state index is 0.442. The molecule has 0 amide bonds. The summed E-state index contributed by atoms with van der Waals surface area (Å²) in [6.45, 7) is 0.442. The van der Waals surface area contributed by atoms with Gasteiger partial charge in [0.15, 0.2) is 0 Å². The van der Waals surface area contributed by atoms with Gasteiger partial charge in [-0.15, -0.1) is 0 Å². The lowest BCUT2D eigenvalue weighted by atomic mass is 10.3. The first-order chi connectivity index (χ1) is 6.33. The molecule has 2 heterocycles. The monoisotopic (exact) mass is 177 g/mol. The molecule has 0 aliphatic carbocycles. The van der Waals surface area contributed by atoms with Crippen molar-refractivity contribution in [2.24, 2.45) is 5.73 Å². The van der Waals surface area contributed by atoms with Crippen LogP contribution < -0.4 is 10.6 Å². The standard InChI is InChI=1S/C8H11N5/c1-13(4-9)8-6-2-3-10-7(6)11-5-12-8/h2-3,5H,4,9H2,1H3,(H,10,11,12). The van der Waals surface area contributed by atoms with Crippen LogP contribution in [0.15, 0.2) is 18.6 Å². The van der Waals surface area contributed by atoms with E-state index in [2.05, 4.69) is 15.0 Å². The van der Waals surface area contributed by atoms with Crippen LogP contribution in [0.2, 0.25) is 0 Å². The van der Waals surface area contributed by atoms with Gasteiger partial charge in [0.2, 0.25) is 0 Å². The van der Waals surface area contributed by atoms with Crippen molar-refractivity contribution in [3.63, 3.8) is 0 Å². The number of fused-ring (bicyclic) bond motifs is 1. The Morgan fingerprint density at radius 1 is 1.54 bits per heavy atom. The fourth-order valence-corrected chi connectivity index (χ4v) is 1.25. The van der Waals surface area contributed by atoms with Crippen LogP contribution in [0.25, 0.3) is 11.0 Å². The molecule has 0 radical (unpaired) electrons. The van der Waals surface area contributed by atoms with E-state index in [9.17, 15) is 0 Å². The van der Waals surface area contributed by atoms with E-state index in [1.807, 2.05) is 24.2 Å². The highest BCUT2D eigenvalue weighted by atomic mass is 15.2. The third kappa shape index (κ3) is 1.23. The summed E-state index contributed by atoms with van der Waals surface area (Å²) in [5, 5.41) is 0.996. The predicted molar refractivity (Wildman–Crippen MR) is 51.3 cm³/mol. The molecule has 2 aromatic heterocycles. The van der Waals surface area contributed by atoms with E-state index in [-0.39, 0.29) is 0 Å². The molecule has 0 aromatic carbocycles. The minimum Gasteiger partial charge on any atom is -0.346 e. The maximum Gasteiger partial charge on any atom is 0.142 e. The Morgan fingerprint density at radius 2 is 2.38 bits per heavy atom. The zero-order chi connectivity index (χ0) is 9.26. The number of aromatic nitrogens is 3. The van der Waals surface area contributed by atoms with Crippen LogP contribution in [0.5, 0.6) is 0 Å². The Hall–Kier alpha value is -1.62. The topological polar surface area (TPSA) is 70.8 Å². The lowest BCUT2D eigenvalue weighted by Crippen LogP contribution is -2.26. The normalized spacial score (nSPS) is 10.6. The van der Waals surface area contributed by atoms with Gasteiger partial charge in [0, 0.05) is 13.2 Å². The average Bonchev–Trinajstić information content (AvgIpc) is 2.63. The molecule has 0 spiro atoms. The SMILES string of the molecule is CN(CN)c1ncnc2[nH]ccc12. The highest BCUT2D eigenvalue weighted by Crippen LogP contribution is 2.19. The zero-order valence-electron chi connectivity index (χ0n) is 7.36. The first-order valence-corrected chi connectivity index (χ1v) is 4.02. The van der Waals surface area contributed by atoms with E-state index < -0.39 is 0 Å². The average molecular weight is 177 g/mol. The highest BCUT2D eigenvalue weighted by molar-refractivity contribution is 5.86. The molecule has 2 aromatic rings. The Balaban J connectivity index is 2.60. The maximum atomic E-state index is 5.52. The van der Waals surface area contributed by atoms with E-state index in [4.69, 9.17) is 5.73 Å². The number of hydrogen-bond donors (Lipinski definition) is 2. The van der Waals surface area contributed by atoms with Crippen molar-refractivity contribution in [1.82, 2.24) is 15.0 Å². The van der Waals surface area contributed by atoms with Crippen LogP contribution in [0.1, 0.15) is 0 Å². The smallest absolute Gasteiger partial charge is 0.142 e. The van der Waals surface area contributed by atoms with Crippen LogP contribution in [0, 0.1) is 0 Å². The predicted octanol–water partition coefficient (Wildman–Crippen LogP) is 0.310. The summed E-state index contributed by atoms with van der Waals surface area (Å²) in [6, 6.07) is 1.94. The molecule has 3 N–H and O–H groups in total. The quantitative estimate of drug-likeness (QED) is 0.648. The molecule has 5 heteroatoms. The van der Waals surface area contributed by atoms with Gasteiger partial charge in [0.25, 0.3) is 0 Å². The number of rotatable bonds is 2. The van der Waals surface area contributed by atoms with Gasteiger partial charge >= 0.3 is 0 Å². The number of H-pyrrole nitrogens is 1.